The molecule has 0 saturated heterocycles. The molecule has 0 saturated carbocycles. The SMILES string of the molecule is N#Cc1cc(Cl)nc(-c2ccccc2)n1. The van der Waals surface area contributed by atoms with Crippen LogP contribution in [0.15, 0.2) is 36.4 Å². The molecule has 72 valence electrons. The Morgan fingerprint density at radius 2 is 1.87 bits per heavy atom. The highest BCUT2D eigenvalue weighted by atomic mass is 35.5. The monoisotopic (exact) mass is 215 g/mol. The molecule has 0 aliphatic carbocycles. The van der Waals surface area contributed by atoms with Gasteiger partial charge in [0.05, 0.1) is 0 Å². The molecule has 3 nitrogen and oxygen atoms in total. The molecule has 0 aliphatic heterocycles. The molecule has 0 atom stereocenters. The minimum atomic E-state index is 0.272. The van der Waals surface area contributed by atoms with E-state index in [1.807, 2.05) is 36.4 Å². The Morgan fingerprint density at radius 1 is 1.13 bits per heavy atom. The van der Waals surface area contributed by atoms with Gasteiger partial charge in [-0.3, -0.25) is 0 Å². The van der Waals surface area contributed by atoms with Crippen molar-refractivity contribution in [2.45, 2.75) is 0 Å². The Balaban J connectivity index is 2.55. The van der Waals surface area contributed by atoms with E-state index in [-0.39, 0.29) is 10.8 Å². The summed E-state index contributed by atoms with van der Waals surface area (Å²) in [4.78, 5) is 8.12. The van der Waals surface area contributed by atoms with E-state index >= 15 is 0 Å². The van der Waals surface area contributed by atoms with Gasteiger partial charge in [-0.25, -0.2) is 9.97 Å². The van der Waals surface area contributed by atoms with Gasteiger partial charge in [0.15, 0.2) is 5.82 Å². The standard InChI is InChI=1S/C11H6ClN3/c12-10-6-9(7-13)14-11(15-10)8-4-2-1-3-5-8/h1-6H. The number of halogens is 1. The number of nitriles is 1. The molecule has 0 bridgehead atoms. The zero-order chi connectivity index (χ0) is 10.7. The Labute approximate surface area is 92.0 Å². The maximum absolute atomic E-state index is 8.73. The van der Waals surface area contributed by atoms with Crippen LogP contribution in [0.2, 0.25) is 5.15 Å². The average molecular weight is 216 g/mol. The second kappa shape index (κ2) is 4.07. The summed E-state index contributed by atoms with van der Waals surface area (Å²) >= 11 is 5.78. The van der Waals surface area contributed by atoms with E-state index in [1.165, 1.54) is 6.07 Å². The van der Waals surface area contributed by atoms with Crippen LogP contribution < -0.4 is 0 Å². The predicted octanol–water partition coefficient (Wildman–Crippen LogP) is 2.67. The number of hydrogen-bond donors (Lipinski definition) is 0. The summed E-state index contributed by atoms with van der Waals surface area (Å²) < 4.78 is 0. The Bertz CT molecular complexity index is 517. The summed E-state index contributed by atoms with van der Waals surface area (Å²) in [5.41, 5.74) is 1.12. The molecule has 0 spiro atoms. The van der Waals surface area contributed by atoms with E-state index < -0.39 is 0 Å². The molecule has 0 unspecified atom stereocenters. The van der Waals surface area contributed by atoms with Crippen LogP contribution in [0.25, 0.3) is 11.4 Å². The third-order valence-electron chi connectivity index (χ3n) is 1.84. The minimum absolute atomic E-state index is 0.272. The molecule has 15 heavy (non-hydrogen) atoms. The van der Waals surface area contributed by atoms with Gasteiger partial charge in [0, 0.05) is 11.6 Å². The van der Waals surface area contributed by atoms with Gasteiger partial charge in [-0.1, -0.05) is 41.9 Å². The van der Waals surface area contributed by atoms with Gasteiger partial charge < -0.3 is 0 Å². The maximum Gasteiger partial charge on any atom is 0.162 e. The van der Waals surface area contributed by atoms with Crippen LogP contribution in [0.4, 0.5) is 0 Å². The van der Waals surface area contributed by atoms with E-state index in [4.69, 9.17) is 16.9 Å². The maximum atomic E-state index is 8.73. The van der Waals surface area contributed by atoms with Gasteiger partial charge in [-0.05, 0) is 0 Å². The van der Waals surface area contributed by atoms with Crippen LogP contribution in [0, 0.1) is 11.3 Å². The summed E-state index contributed by atoms with van der Waals surface area (Å²) in [7, 11) is 0. The van der Waals surface area contributed by atoms with Crippen molar-refractivity contribution < 1.29 is 0 Å². The van der Waals surface area contributed by atoms with E-state index in [2.05, 4.69) is 9.97 Å². The topological polar surface area (TPSA) is 49.6 Å². The van der Waals surface area contributed by atoms with Crippen molar-refractivity contribution in [3.05, 3.63) is 47.2 Å². The molecular formula is C11H6ClN3. The summed E-state index contributed by atoms with van der Waals surface area (Å²) in [6.45, 7) is 0. The fourth-order valence-electron chi connectivity index (χ4n) is 1.19. The highest BCUT2D eigenvalue weighted by molar-refractivity contribution is 6.29. The Kier molecular flexibility index (Phi) is 2.61. The molecular weight excluding hydrogens is 210 g/mol. The number of hydrogen-bond acceptors (Lipinski definition) is 3. The van der Waals surface area contributed by atoms with E-state index in [9.17, 15) is 0 Å². The van der Waals surface area contributed by atoms with Crippen molar-refractivity contribution in [1.82, 2.24) is 9.97 Å². The van der Waals surface area contributed by atoms with Crippen LogP contribution in [0.5, 0.6) is 0 Å². The molecule has 0 fully saturated rings. The fourth-order valence-corrected chi connectivity index (χ4v) is 1.37. The first-order valence-corrected chi connectivity index (χ1v) is 4.67. The van der Waals surface area contributed by atoms with Crippen LogP contribution in [-0.2, 0) is 0 Å². The van der Waals surface area contributed by atoms with Crippen molar-refractivity contribution in [3.63, 3.8) is 0 Å². The summed E-state index contributed by atoms with van der Waals surface area (Å²) in [5.74, 6) is 0.472. The lowest BCUT2D eigenvalue weighted by molar-refractivity contribution is 1.15. The number of aromatic nitrogens is 2. The third-order valence-corrected chi connectivity index (χ3v) is 2.04. The Morgan fingerprint density at radius 3 is 2.53 bits per heavy atom. The van der Waals surface area contributed by atoms with Crippen molar-refractivity contribution in [3.8, 4) is 17.5 Å². The number of rotatable bonds is 1. The van der Waals surface area contributed by atoms with Crippen LogP contribution in [-0.4, -0.2) is 9.97 Å². The zero-order valence-corrected chi connectivity index (χ0v) is 8.44. The quantitative estimate of drug-likeness (QED) is 0.688. The van der Waals surface area contributed by atoms with Gasteiger partial charge in [0.2, 0.25) is 0 Å². The first-order chi connectivity index (χ1) is 7.29. The number of benzene rings is 1. The van der Waals surface area contributed by atoms with Crippen LogP contribution in [0.1, 0.15) is 5.69 Å². The highest BCUT2D eigenvalue weighted by Crippen LogP contribution is 2.17. The minimum Gasteiger partial charge on any atom is -0.217 e. The fraction of sp³-hybridized carbons (Fsp3) is 0. The summed E-state index contributed by atoms with van der Waals surface area (Å²) in [6.07, 6.45) is 0. The average Bonchev–Trinajstić information content (AvgIpc) is 2.29. The molecule has 0 radical (unpaired) electrons. The highest BCUT2D eigenvalue weighted by Gasteiger charge is 2.04. The molecule has 2 rings (SSSR count). The second-order valence-electron chi connectivity index (χ2n) is 2.88. The van der Waals surface area contributed by atoms with Crippen LogP contribution >= 0.6 is 11.6 Å². The molecule has 0 amide bonds. The first kappa shape index (κ1) is 9.63. The Hall–Kier alpha value is -1.92. The van der Waals surface area contributed by atoms with Gasteiger partial charge in [-0.15, -0.1) is 0 Å². The largest absolute Gasteiger partial charge is 0.217 e. The van der Waals surface area contributed by atoms with Crippen molar-refractivity contribution in [2.24, 2.45) is 0 Å². The van der Waals surface area contributed by atoms with Crippen molar-refractivity contribution >= 4 is 11.6 Å². The zero-order valence-electron chi connectivity index (χ0n) is 7.68. The molecule has 4 heteroatoms. The molecule has 1 heterocycles. The molecule has 2 aromatic rings. The first-order valence-electron chi connectivity index (χ1n) is 4.30. The molecule has 1 aromatic carbocycles. The van der Waals surface area contributed by atoms with Gasteiger partial charge in [0.1, 0.15) is 16.9 Å². The van der Waals surface area contributed by atoms with E-state index in [1.54, 1.807) is 0 Å². The molecule has 0 N–H and O–H groups in total. The van der Waals surface area contributed by atoms with Gasteiger partial charge >= 0.3 is 0 Å². The third kappa shape index (κ3) is 2.12. The van der Waals surface area contributed by atoms with Crippen LogP contribution in [0.3, 0.4) is 0 Å². The molecule has 1 aromatic heterocycles. The normalized spacial score (nSPS) is 9.60. The lowest BCUT2D eigenvalue weighted by atomic mass is 10.2. The lowest BCUT2D eigenvalue weighted by Gasteiger charge is -2.00. The summed E-state index contributed by atoms with van der Waals surface area (Å²) in [5, 5.41) is 9.01. The van der Waals surface area contributed by atoms with E-state index in [0.717, 1.165) is 5.56 Å². The van der Waals surface area contributed by atoms with Gasteiger partial charge in [0.25, 0.3) is 0 Å². The molecule has 0 aliphatic rings. The van der Waals surface area contributed by atoms with Crippen molar-refractivity contribution in [2.75, 3.05) is 0 Å². The van der Waals surface area contributed by atoms with Gasteiger partial charge in [-0.2, -0.15) is 5.26 Å². The summed E-state index contributed by atoms with van der Waals surface area (Å²) in [6, 6.07) is 12.8. The number of nitrogens with zero attached hydrogens (tertiary/aromatic N) is 3. The van der Waals surface area contributed by atoms with E-state index in [0.29, 0.717) is 5.82 Å². The second-order valence-corrected chi connectivity index (χ2v) is 3.26. The predicted molar refractivity (Wildman–Crippen MR) is 57.2 cm³/mol. The van der Waals surface area contributed by atoms with Crippen molar-refractivity contribution in [1.29, 1.82) is 5.26 Å². The lowest BCUT2D eigenvalue weighted by Crippen LogP contribution is -1.92. The smallest absolute Gasteiger partial charge is 0.162 e.